The lowest BCUT2D eigenvalue weighted by Gasteiger charge is -2.42. The van der Waals surface area contributed by atoms with Crippen molar-refractivity contribution in [1.82, 2.24) is 5.32 Å². The molecular weight excluding hydrogens is 222 g/mol. The van der Waals surface area contributed by atoms with Crippen LogP contribution in [0.3, 0.4) is 0 Å². The molecule has 0 amide bonds. The van der Waals surface area contributed by atoms with Crippen molar-refractivity contribution in [2.45, 2.75) is 51.0 Å². The van der Waals surface area contributed by atoms with Gasteiger partial charge in [-0.3, -0.25) is 0 Å². The van der Waals surface area contributed by atoms with Crippen LogP contribution in [0.15, 0.2) is 0 Å². The first-order chi connectivity index (χ1) is 7.49. The average Bonchev–Trinajstić information content (AvgIpc) is 2.89. The van der Waals surface area contributed by atoms with Crippen LogP contribution in [-0.4, -0.2) is 33.0 Å². The molecule has 3 nitrogen and oxygen atoms in total. The van der Waals surface area contributed by atoms with E-state index in [1.165, 1.54) is 38.4 Å². The molecule has 2 aliphatic rings. The van der Waals surface area contributed by atoms with Crippen molar-refractivity contribution in [3.8, 4) is 0 Å². The summed E-state index contributed by atoms with van der Waals surface area (Å²) in [4.78, 5) is 0. The topological polar surface area (TPSA) is 46.2 Å². The van der Waals surface area contributed by atoms with Crippen molar-refractivity contribution in [2.24, 2.45) is 5.41 Å². The Morgan fingerprint density at radius 1 is 1.31 bits per heavy atom. The fourth-order valence-electron chi connectivity index (χ4n) is 2.55. The third-order valence-electron chi connectivity index (χ3n) is 3.98. The number of hydrogen-bond donors (Lipinski definition) is 1. The zero-order valence-electron chi connectivity index (χ0n) is 10.2. The third-order valence-corrected chi connectivity index (χ3v) is 5.01. The fraction of sp³-hybridized carbons (Fsp3) is 1.00. The summed E-state index contributed by atoms with van der Waals surface area (Å²) in [6.07, 6.45) is 9.82. The Balaban J connectivity index is 1.71. The molecule has 2 saturated carbocycles. The van der Waals surface area contributed by atoms with Gasteiger partial charge in [0.15, 0.2) is 0 Å². The zero-order valence-corrected chi connectivity index (χ0v) is 11.0. The first kappa shape index (κ1) is 12.4. The van der Waals surface area contributed by atoms with Crippen LogP contribution in [0.1, 0.15) is 44.9 Å². The van der Waals surface area contributed by atoms with Gasteiger partial charge in [-0.15, -0.1) is 0 Å². The van der Waals surface area contributed by atoms with E-state index < -0.39 is 9.84 Å². The van der Waals surface area contributed by atoms with Gasteiger partial charge >= 0.3 is 0 Å². The molecule has 0 unspecified atom stereocenters. The largest absolute Gasteiger partial charge is 0.313 e. The number of hydrogen-bond acceptors (Lipinski definition) is 3. The summed E-state index contributed by atoms with van der Waals surface area (Å²) in [5, 5.41) is 3.60. The van der Waals surface area contributed by atoms with Crippen molar-refractivity contribution in [3.63, 3.8) is 0 Å². The van der Waals surface area contributed by atoms with E-state index in [9.17, 15) is 8.42 Å². The summed E-state index contributed by atoms with van der Waals surface area (Å²) >= 11 is 0. The smallest absolute Gasteiger partial charge is 0.147 e. The van der Waals surface area contributed by atoms with Crippen molar-refractivity contribution in [3.05, 3.63) is 0 Å². The summed E-state index contributed by atoms with van der Waals surface area (Å²) in [6, 6.07) is 0.771. The Bertz CT molecular complexity index is 329. The van der Waals surface area contributed by atoms with Gasteiger partial charge in [-0.2, -0.15) is 0 Å². The monoisotopic (exact) mass is 245 g/mol. The molecule has 0 atom stereocenters. The first-order valence-electron chi connectivity index (χ1n) is 6.40. The first-order valence-corrected chi connectivity index (χ1v) is 8.46. The minimum Gasteiger partial charge on any atom is -0.313 e. The fourth-order valence-corrected chi connectivity index (χ4v) is 3.22. The van der Waals surface area contributed by atoms with Gasteiger partial charge in [0.1, 0.15) is 9.84 Å². The summed E-state index contributed by atoms with van der Waals surface area (Å²) in [5.41, 5.74) is 0.438. The Kier molecular flexibility index (Phi) is 3.59. The van der Waals surface area contributed by atoms with Crippen LogP contribution in [0.25, 0.3) is 0 Å². The second-order valence-electron chi connectivity index (χ2n) is 5.74. The number of nitrogens with one attached hydrogen (secondary N) is 1. The highest BCUT2D eigenvalue weighted by Crippen LogP contribution is 2.44. The summed E-state index contributed by atoms with van der Waals surface area (Å²) < 4.78 is 22.2. The second-order valence-corrected chi connectivity index (χ2v) is 8.00. The van der Waals surface area contributed by atoms with Crippen LogP contribution in [0.4, 0.5) is 0 Å². The normalized spacial score (nSPS) is 24.1. The molecule has 0 aromatic carbocycles. The van der Waals surface area contributed by atoms with Gasteiger partial charge in [-0.05, 0) is 43.9 Å². The predicted octanol–water partition coefficient (Wildman–Crippen LogP) is 1.73. The Labute approximate surface area is 98.9 Å². The van der Waals surface area contributed by atoms with E-state index in [0.29, 0.717) is 11.2 Å². The molecular formula is C12H23NO2S. The molecule has 94 valence electrons. The molecule has 2 aliphatic carbocycles. The van der Waals surface area contributed by atoms with Gasteiger partial charge in [-0.1, -0.05) is 6.42 Å². The minimum absolute atomic E-state index is 0.359. The molecule has 2 fully saturated rings. The second kappa shape index (κ2) is 4.65. The van der Waals surface area contributed by atoms with Crippen molar-refractivity contribution < 1.29 is 8.42 Å². The highest BCUT2D eigenvalue weighted by Gasteiger charge is 2.37. The van der Waals surface area contributed by atoms with Crippen LogP contribution >= 0.6 is 0 Å². The molecule has 0 aromatic heterocycles. The summed E-state index contributed by atoms with van der Waals surface area (Å²) in [7, 11) is -2.77. The highest BCUT2D eigenvalue weighted by atomic mass is 32.2. The Morgan fingerprint density at radius 2 is 2.00 bits per heavy atom. The van der Waals surface area contributed by atoms with Crippen molar-refractivity contribution in [1.29, 1.82) is 0 Å². The van der Waals surface area contributed by atoms with Crippen molar-refractivity contribution >= 4 is 9.84 Å². The Hall–Kier alpha value is -0.0900. The van der Waals surface area contributed by atoms with Crippen molar-refractivity contribution in [2.75, 3.05) is 18.6 Å². The van der Waals surface area contributed by atoms with Crippen LogP contribution in [-0.2, 0) is 9.84 Å². The maximum atomic E-state index is 11.1. The van der Waals surface area contributed by atoms with Crippen LogP contribution in [0.5, 0.6) is 0 Å². The standard InChI is InChI=1S/C12H23NO2S/c1-16(14,15)9-3-8-12(6-2-7-12)10-13-11-4-5-11/h11,13H,2-10H2,1H3. The molecule has 0 saturated heterocycles. The predicted molar refractivity (Wildman–Crippen MR) is 66.3 cm³/mol. The lowest BCUT2D eigenvalue weighted by atomic mass is 9.66. The molecule has 1 N–H and O–H groups in total. The lowest BCUT2D eigenvalue weighted by Crippen LogP contribution is -2.41. The van der Waals surface area contributed by atoms with Gasteiger partial charge in [0.25, 0.3) is 0 Å². The van der Waals surface area contributed by atoms with E-state index in [-0.39, 0.29) is 0 Å². The van der Waals surface area contributed by atoms with Gasteiger partial charge in [-0.25, -0.2) is 8.42 Å². The average molecular weight is 245 g/mol. The van der Waals surface area contributed by atoms with E-state index in [1.807, 2.05) is 0 Å². The maximum absolute atomic E-state index is 11.1. The summed E-state index contributed by atoms with van der Waals surface area (Å²) in [5.74, 6) is 0.359. The molecule has 0 bridgehead atoms. The molecule has 0 heterocycles. The SMILES string of the molecule is CS(=O)(=O)CCCC1(CNC2CC2)CCC1. The van der Waals surface area contributed by atoms with E-state index >= 15 is 0 Å². The number of rotatable bonds is 7. The molecule has 0 aliphatic heterocycles. The van der Waals surface area contributed by atoms with Gasteiger partial charge < -0.3 is 5.32 Å². The van der Waals surface area contributed by atoms with Crippen LogP contribution in [0.2, 0.25) is 0 Å². The highest BCUT2D eigenvalue weighted by molar-refractivity contribution is 7.90. The summed E-state index contributed by atoms with van der Waals surface area (Å²) in [6.45, 7) is 1.11. The maximum Gasteiger partial charge on any atom is 0.147 e. The Morgan fingerprint density at radius 3 is 2.44 bits per heavy atom. The molecule has 0 aromatic rings. The van der Waals surface area contributed by atoms with Crippen LogP contribution < -0.4 is 5.32 Å². The quantitative estimate of drug-likeness (QED) is 0.743. The van der Waals surface area contributed by atoms with Gasteiger partial charge in [0, 0.05) is 24.6 Å². The van der Waals surface area contributed by atoms with E-state index in [1.54, 1.807) is 0 Å². The zero-order chi connectivity index (χ0) is 11.6. The molecule has 0 radical (unpaired) electrons. The molecule has 0 spiro atoms. The minimum atomic E-state index is -2.77. The third kappa shape index (κ3) is 3.74. The van der Waals surface area contributed by atoms with Crippen LogP contribution in [0, 0.1) is 5.41 Å². The number of sulfone groups is 1. The lowest BCUT2D eigenvalue weighted by molar-refractivity contribution is 0.115. The van der Waals surface area contributed by atoms with Gasteiger partial charge in [0.05, 0.1) is 0 Å². The van der Waals surface area contributed by atoms with Gasteiger partial charge in [0.2, 0.25) is 0 Å². The molecule has 4 heteroatoms. The van der Waals surface area contributed by atoms with E-state index in [4.69, 9.17) is 0 Å². The van der Waals surface area contributed by atoms with E-state index in [2.05, 4.69) is 5.32 Å². The van der Waals surface area contributed by atoms with E-state index in [0.717, 1.165) is 25.4 Å². The molecule has 16 heavy (non-hydrogen) atoms. The molecule has 2 rings (SSSR count).